The van der Waals surface area contributed by atoms with Crippen molar-refractivity contribution in [3.05, 3.63) is 0 Å². The fourth-order valence-corrected chi connectivity index (χ4v) is 1.62. The smallest absolute Gasteiger partial charge is 0.428 e. The minimum atomic E-state index is -3.21. The van der Waals surface area contributed by atoms with Crippen molar-refractivity contribution >= 4 is 12.2 Å². The van der Waals surface area contributed by atoms with Gasteiger partial charge in [0.15, 0.2) is 0 Å². The van der Waals surface area contributed by atoms with Crippen molar-refractivity contribution in [2.24, 2.45) is 0 Å². The molecule has 0 radical (unpaired) electrons. The Labute approximate surface area is 135 Å². The molecule has 136 valence electrons. The first-order chi connectivity index (χ1) is 10.2. The maximum Gasteiger partial charge on any atom is 0.517 e. The fourth-order valence-electron chi connectivity index (χ4n) is 1.62. The molecule has 0 saturated carbocycles. The summed E-state index contributed by atoms with van der Waals surface area (Å²) in [7, 11) is 0. The van der Waals surface area contributed by atoms with Gasteiger partial charge in [-0.05, 0) is 48.0 Å². The summed E-state index contributed by atoms with van der Waals surface area (Å²) in [5.41, 5.74) is -1.85. The summed E-state index contributed by atoms with van der Waals surface area (Å²) < 4.78 is 37.1. The molecule has 0 unspecified atom stereocenters. The van der Waals surface area contributed by atoms with Crippen molar-refractivity contribution in [1.82, 2.24) is 4.90 Å². The molecular weight excluding hydrogens is 312 g/mol. The van der Waals surface area contributed by atoms with Gasteiger partial charge in [0.25, 0.3) is 5.92 Å². The normalized spacial score (nSPS) is 12.7. The molecule has 0 saturated heterocycles. The van der Waals surface area contributed by atoms with Crippen LogP contribution in [0.15, 0.2) is 0 Å². The fraction of sp³-hybridized carbons (Fsp3) is 0.867. The zero-order valence-electron chi connectivity index (χ0n) is 14.6. The van der Waals surface area contributed by atoms with Gasteiger partial charge in [-0.2, -0.15) is 0 Å². The Morgan fingerprint density at radius 3 is 2.00 bits per heavy atom. The molecule has 0 heterocycles. The third-order valence-electron chi connectivity index (χ3n) is 2.68. The van der Waals surface area contributed by atoms with Crippen LogP contribution < -0.4 is 0 Å². The lowest BCUT2D eigenvalue weighted by Gasteiger charge is -2.36. The van der Waals surface area contributed by atoms with Crippen molar-refractivity contribution in [2.75, 3.05) is 13.2 Å². The molecule has 0 aliphatic rings. The largest absolute Gasteiger partial charge is 0.517 e. The number of amides is 1. The topological polar surface area (TPSA) is 76.1 Å². The summed E-state index contributed by atoms with van der Waals surface area (Å²) in [6.45, 7) is 8.12. The number of aliphatic hydroxyl groups is 1. The molecule has 0 rings (SSSR count). The number of hydrogen-bond acceptors (Lipinski definition) is 5. The minimum Gasteiger partial charge on any atom is -0.428 e. The molecule has 0 aromatic carbocycles. The van der Waals surface area contributed by atoms with Crippen molar-refractivity contribution in [2.45, 2.75) is 71.4 Å². The SMILES string of the molecule is CC(C)(C)OC(=O)OC(=O)N(CC(F)(F)CCCO)C(C)(C)C. The van der Waals surface area contributed by atoms with E-state index >= 15 is 0 Å². The van der Waals surface area contributed by atoms with Crippen LogP contribution in [0.2, 0.25) is 0 Å². The predicted molar refractivity (Wildman–Crippen MR) is 80.4 cm³/mol. The molecule has 23 heavy (non-hydrogen) atoms. The van der Waals surface area contributed by atoms with E-state index in [-0.39, 0.29) is 13.0 Å². The molecule has 6 nitrogen and oxygen atoms in total. The maximum absolute atomic E-state index is 13.9. The van der Waals surface area contributed by atoms with Crippen molar-refractivity contribution in [1.29, 1.82) is 0 Å². The Kier molecular flexibility index (Phi) is 7.40. The number of rotatable bonds is 5. The van der Waals surface area contributed by atoms with Gasteiger partial charge in [-0.3, -0.25) is 4.90 Å². The van der Waals surface area contributed by atoms with Crippen LogP contribution in [0.5, 0.6) is 0 Å². The lowest BCUT2D eigenvalue weighted by Crippen LogP contribution is -2.51. The van der Waals surface area contributed by atoms with E-state index in [4.69, 9.17) is 9.84 Å². The second-order valence-electron chi connectivity index (χ2n) is 7.27. The van der Waals surface area contributed by atoms with E-state index in [9.17, 15) is 18.4 Å². The summed E-state index contributed by atoms with van der Waals surface area (Å²) in [5, 5.41) is 8.66. The van der Waals surface area contributed by atoms with E-state index in [1.807, 2.05) is 0 Å². The van der Waals surface area contributed by atoms with E-state index in [1.165, 1.54) is 0 Å². The first kappa shape index (κ1) is 21.6. The van der Waals surface area contributed by atoms with Crippen LogP contribution in [0.4, 0.5) is 18.4 Å². The molecule has 1 N–H and O–H groups in total. The molecule has 1 amide bonds. The highest BCUT2D eigenvalue weighted by molar-refractivity contribution is 5.81. The highest BCUT2D eigenvalue weighted by Crippen LogP contribution is 2.26. The second kappa shape index (κ2) is 7.90. The van der Waals surface area contributed by atoms with E-state index in [0.29, 0.717) is 0 Å². The molecule has 0 aliphatic carbocycles. The van der Waals surface area contributed by atoms with Gasteiger partial charge < -0.3 is 14.6 Å². The zero-order chi connectivity index (χ0) is 18.5. The highest BCUT2D eigenvalue weighted by atomic mass is 19.3. The minimum absolute atomic E-state index is 0.0912. The number of carbonyl (C=O) groups excluding carboxylic acids is 2. The van der Waals surface area contributed by atoms with Gasteiger partial charge in [0.05, 0.1) is 6.54 Å². The number of carbonyl (C=O) groups is 2. The molecule has 0 aromatic rings. The standard InChI is InChI=1S/C15H27F2NO5/c1-13(2,3)18(10-15(16,17)8-7-9-19)11(20)22-12(21)23-14(4,5)6/h19H,7-10H2,1-6H3. The molecule has 0 fully saturated rings. The molecule has 0 aromatic heterocycles. The maximum atomic E-state index is 13.9. The van der Waals surface area contributed by atoms with Gasteiger partial charge in [-0.1, -0.05) is 0 Å². The number of aliphatic hydroxyl groups excluding tert-OH is 1. The van der Waals surface area contributed by atoms with Crippen molar-refractivity contribution in [3.8, 4) is 0 Å². The van der Waals surface area contributed by atoms with E-state index in [1.54, 1.807) is 41.5 Å². The van der Waals surface area contributed by atoms with Gasteiger partial charge in [0.1, 0.15) is 5.60 Å². The quantitative estimate of drug-likeness (QED) is 0.612. The van der Waals surface area contributed by atoms with Crippen LogP contribution in [0.25, 0.3) is 0 Å². The van der Waals surface area contributed by atoms with Crippen molar-refractivity contribution in [3.63, 3.8) is 0 Å². The third kappa shape index (κ3) is 9.32. The Morgan fingerprint density at radius 2 is 1.61 bits per heavy atom. The summed E-state index contributed by atoms with van der Waals surface area (Å²) in [6, 6.07) is 0. The average molecular weight is 339 g/mol. The van der Waals surface area contributed by atoms with Crippen LogP contribution >= 0.6 is 0 Å². The third-order valence-corrected chi connectivity index (χ3v) is 2.68. The van der Waals surface area contributed by atoms with Crippen molar-refractivity contribution < 1.29 is 33.0 Å². The zero-order valence-corrected chi connectivity index (χ0v) is 14.6. The molecule has 0 spiro atoms. The van der Waals surface area contributed by atoms with Gasteiger partial charge >= 0.3 is 12.2 Å². The van der Waals surface area contributed by atoms with Gasteiger partial charge in [0.2, 0.25) is 0 Å². The number of ether oxygens (including phenoxy) is 2. The molecular formula is C15H27F2NO5. The monoisotopic (exact) mass is 339 g/mol. The number of alkyl halides is 2. The molecule has 0 atom stereocenters. The van der Waals surface area contributed by atoms with E-state index in [0.717, 1.165) is 4.90 Å². The summed E-state index contributed by atoms with van der Waals surface area (Å²) in [4.78, 5) is 24.4. The van der Waals surface area contributed by atoms with Crippen LogP contribution in [0.3, 0.4) is 0 Å². The van der Waals surface area contributed by atoms with E-state index in [2.05, 4.69) is 4.74 Å². The van der Waals surface area contributed by atoms with Gasteiger partial charge in [-0.15, -0.1) is 0 Å². The Balaban J connectivity index is 4.98. The molecule has 8 heteroatoms. The predicted octanol–water partition coefficient (Wildman–Crippen LogP) is 3.57. The second-order valence-corrected chi connectivity index (χ2v) is 7.27. The lowest BCUT2D eigenvalue weighted by atomic mass is 10.0. The van der Waals surface area contributed by atoms with E-state index < -0.39 is 42.3 Å². The Morgan fingerprint density at radius 1 is 1.09 bits per heavy atom. The van der Waals surface area contributed by atoms with Gasteiger partial charge in [-0.25, -0.2) is 18.4 Å². The van der Waals surface area contributed by atoms with Crippen LogP contribution in [-0.4, -0.2) is 52.5 Å². The number of nitrogens with zero attached hydrogens (tertiary/aromatic N) is 1. The van der Waals surface area contributed by atoms with Gasteiger partial charge in [0, 0.05) is 18.6 Å². The van der Waals surface area contributed by atoms with Crippen LogP contribution in [0.1, 0.15) is 54.4 Å². The number of hydrogen-bond donors (Lipinski definition) is 1. The highest BCUT2D eigenvalue weighted by Gasteiger charge is 2.39. The summed E-state index contributed by atoms with van der Waals surface area (Å²) >= 11 is 0. The Hall–Kier alpha value is -1.44. The van der Waals surface area contributed by atoms with Crippen LogP contribution in [-0.2, 0) is 9.47 Å². The lowest BCUT2D eigenvalue weighted by molar-refractivity contribution is -0.0608. The summed E-state index contributed by atoms with van der Waals surface area (Å²) in [5.74, 6) is -3.21. The molecule has 0 bridgehead atoms. The van der Waals surface area contributed by atoms with Crippen LogP contribution in [0, 0.1) is 0 Å². The summed E-state index contributed by atoms with van der Waals surface area (Å²) in [6.07, 6.45) is -3.10. The molecule has 0 aliphatic heterocycles. The Bertz CT molecular complexity index is 413. The average Bonchev–Trinajstić information content (AvgIpc) is 2.29. The first-order valence-electron chi connectivity index (χ1n) is 7.39. The first-order valence-corrected chi connectivity index (χ1v) is 7.39. The number of halogens is 2.